The van der Waals surface area contributed by atoms with Crippen molar-refractivity contribution in [2.45, 2.75) is 0 Å². The number of fused-ring (bicyclic) bond motifs is 1. The van der Waals surface area contributed by atoms with Crippen LogP contribution in [0.4, 0.5) is 0 Å². The second-order valence-corrected chi connectivity index (χ2v) is 3.73. The number of aromatic carboxylic acids is 1. The molecule has 0 unspecified atom stereocenters. The predicted molar refractivity (Wildman–Crippen MR) is 58.7 cm³/mol. The topological polar surface area (TPSA) is 77.9 Å². The van der Waals surface area contributed by atoms with Crippen LogP contribution in [0.25, 0.3) is 10.9 Å². The molecule has 0 spiro atoms. The Hall–Kier alpha value is -1.95. The summed E-state index contributed by atoms with van der Waals surface area (Å²) < 4.78 is 1.53. The Morgan fingerprint density at radius 2 is 2.19 bits per heavy atom. The van der Waals surface area contributed by atoms with E-state index in [9.17, 15) is 14.7 Å². The number of aromatic nitrogens is 2. The SMILES string of the molecule is Cn1c(=S)[nH]c2cc(C(=O)[O-])ccc2c1=O. The maximum absolute atomic E-state index is 11.7. The van der Waals surface area contributed by atoms with Crippen molar-refractivity contribution in [3.8, 4) is 0 Å². The summed E-state index contributed by atoms with van der Waals surface area (Å²) in [6, 6.07) is 4.10. The summed E-state index contributed by atoms with van der Waals surface area (Å²) in [6.07, 6.45) is 0. The number of rotatable bonds is 1. The zero-order valence-electron chi connectivity index (χ0n) is 8.31. The van der Waals surface area contributed by atoms with E-state index in [1.807, 2.05) is 0 Å². The highest BCUT2D eigenvalue weighted by Gasteiger charge is 2.03. The van der Waals surface area contributed by atoms with Gasteiger partial charge in [-0.3, -0.25) is 9.36 Å². The summed E-state index contributed by atoms with van der Waals surface area (Å²) in [4.78, 5) is 25.2. The quantitative estimate of drug-likeness (QED) is 0.703. The zero-order valence-corrected chi connectivity index (χ0v) is 9.13. The summed E-state index contributed by atoms with van der Waals surface area (Å²) >= 11 is 4.92. The van der Waals surface area contributed by atoms with Crippen molar-refractivity contribution in [2.24, 2.45) is 7.05 Å². The van der Waals surface area contributed by atoms with Gasteiger partial charge in [0.05, 0.1) is 16.9 Å². The second-order valence-electron chi connectivity index (χ2n) is 3.34. The first-order valence-corrected chi connectivity index (χ1v) is 4.86. The van der Waals surface area contributed by atoms with Crippen LogP contribution in [0.15, 0.2) is 23.0 Å². The molecule has 0 radical (unpaired) electrons. The molecule has 0 saturated carbocycles. The zero-order chi connectivity index (χ0) is 11.9. The van der Waals surface area contributed by atoms with Crippen molar-refractivity contribution in [2.75, 3.05) is 0 Å². The van der Waals surface area contributed by atoms with Gasteiger partial charge in [0.2, 0.25) is 0 Å². The highest BCUT2D eigenvalue weighted by atomic mass is 32.1. The van der Waals surface area contributed by atoms with Gasteiger partial charge in [0.15, 0.2) is 4.77 Å². The number of hydrogen-bond acceptors (Lipinski definition) is 4. The lowest BCUT2D eigenvalue weighted by molar-refractivity contribution is -0.255. The van der Waals surface area contributed by atoms with Crippen LogP contribution in [0.2, 0.25) is 0 Å². The lowest BCUT2D eigenvalue weighted by Gasteiger charge is -2.05. The van der Waals surface area contributed by atoms with Crippen LogP contribution in [-0.2, 0) is 7.05 Å². The molecule has 0 amide bonds. The number of carboxylic acids is 1. The fourth-order valence-corrected chi connectivity index (χ4v) is 1.63. The lowest BCUT2D eigenvalue weighted by Crippen LogP contribution is -2.23. The number of nitrogens with zero attached hydrogens (tertiary/aromatic N) is 1. The summed E-state index contributed by atoms with van der Waals surface area (Å²) in [5.74, 6) is -1.29. The van der Waals surface area contributed by atoms with Crippen molar-refractivity contribution in [3.63, 3.8) is 0 Å². The van der Waals surface area contributed by atoms with Gasteiger partial charge >= 0.3 is 0 Å². The molecule has 0 aliphatic carbocycles. The second kappa shape index (κ2) is 3.57. The predicted octanol–water partition coefficient (Wildman–Crippen LogP) is -0.0404. The Bertz CT molecular complexity index is 699. The molecule has 0 bridgehead atoms. The Morgan fingerprint density at radius 1 is 1.50 bits per heavy atom. The van der Waals surface area contributed by atoms with Gasteiger partial charge < -0.3 is 14.9 Å². The number of H-pyrrole nitrogens is 1. The fourth-order valence-electron chi connectivity index (χ4n) is 1.43. The molecule has 6 heteroatoms. The van der Waals surface area contributed by atoms with Crippen molar-refractivity contribution in [1.29, 1.82) is 0 Å². The monoisotopic (exact) mass is 235 g/mol. The lowest BCUT2D eigenvalue weighted by atomic mass is 10.1. The van der Waals surface area contributed by atoms with E-state index in [-0.39, 0.29) is 15.9 Å². The first kappa shape index (κ1) is 10.6. The molecule has 1 aromatic carbocycles. The molecular formula is C10H7N2O3S-. The Labute approximate surface area is 95.0 Å². The van der Waals surface area contributed by atoms with E-state index in [4.69, 9.17) is 12.2 Å². The Morgan fingerprint density at radius 3 is 2.81 bits per heavy atom. The highest BCUT2D eigenvalue weighted by Crippen LogP contribution is 2.09. The maximum Gasteiger partial charge on any atom is 0.261 e. The number of carbonyl (C=O) groups is 1. The first-order chi connectivity index (χ1) is 7.50. The van der Waals surface area contributed by atoms with E-state index in [0.29, 0.717) is 10.9 Å². The van der Waals surface area contributed by atoms with Crippen molar-refractivity contribution < 1.29 is 9.90 Å². The molecule has 16 heavy (non-hydrogen) atoms. The Balaban J connectivity index is 2.92. The summed E-state index contributed by atoms with van der Waals surface area (Å²) in [5, 5.41) is 11.0. The smallest absolute Gasteiger partial charge is 0.261 e. The molecule has 0 aliphatic heterocycles. The van der Waals surface area contributed by atoms with Crippen LogP contribution in [0.5, 0.6) is 0 Å². The van der Waals surface area contributed by atoms with E-state index in [0.717, 1.165) is 0 Å². The van der Waals surface area contributed by atoms with E-state index in [1.165, 1.54) is 22.8 Å². The van der Waals surface area contributed by atoms with Crippen LogP contribution in [0, 0.1) is 4.77 Å². The van der Waals surface area contributed by atoms with Gasteiger partial charge in [0.1, 0.15) is 0 Å². The van der Waals surface area contributed by atoms with Gasteiger partial charge in [-0.2, -0.15) is 0 Å². The molecular weight excluding hydrogens is 228 g/mol. The van der Waals surface area contributed by atoms with Crippen molar-refractivity contribution >= 4 is 29.1 Å². The van der Waals surface area contributed by atoms with Crippen LogP contribution >= 0.6 is 12.2 Å². The number of hydrogen-bond donors (Lipinski definition) is 1. The van der Waals surface area contributed by atoms with E-state index in [1.54, 1.807) is 7.05 Å². The molecule has 5 nitrogen and oxygen atoms in total. The molecule has 1 aromatic heterocycles. The van der Waals surface area contributed by atoms with Gasteiger partial charge in [0, 0.05) is 7.05 Å². The minimum absolute atomic E-state index is 0.00593. The minimum atomic E-state index is -1.29. The van der Waals surface area contributed by atoms with E-state index in [2.05, 4.69) is 4.98 Å². The largest absolute Gasteiger partial charge is 0.545 e. The molecule has 2 rings (SSSR count). The third-order valence-electron chi connectivity index (χ3n) is 2.34. The third kappa shape index (κ3) is 1.53. The van der Waals surface area contributed by atoms with Crippen LogP contribution in [-0.4, -0.2) is 15.5 Å². The third-order valence-corrected chi connectivity index (χ3v) is 2.71. The van der Waals surface area contributed by atoms with Gasteiger partial charge in [0.25, 0.3) is 5.56 Å². The Kier molecular flexibility index (Phi) is 2.35. The van der Waals surface area contributed by atoms with E-state index >= 15 is 0 Å². The number of carboxylic acid groups (broad SMARTS) is 1. The molecule has 0 atom stereocenters. The van der Waals surface area contributed by atoms with Crippen molar-refractivity contribution in [1.82, 2.24) is 9.55 Å². The molecule has 0 saturated heterocycles. The number of benzene rings is 1. The fraction of sp³-hybridized carbons (Fsp3) is 0.100. The van der Waals surface area contributed by atoms with Gasteiger partial charge in [-0.05, 0) is 29.9 Å². The van der Waals surface area contributed by atoms with Crippen LogP contribution < -0.4 is 10.7 Å². The molecule has 82 valence electrons. The summed E-state index contributed by atoms with van der Waals surface area (Å²) in [7, 11) is 1.55. The minimum Gasteiger partial charge on any atom is -0.545 e. The standard InChI is InChI=1S/C10H8N2O3S/c1-12-8(13)6-3-2-5(9(14)15)4-7(6)11-10(12)16/h2-4H,1H3,(H,11,16)(H,14,15)/p-1. The maximum atomic E-state index is 11.7. The summed E-state index contributed by atoms with van der Waals surface area (Å²) in [6.45, 7) is 0. The van der Waals surface area contributed by atoms with Crippen LogP contribution in [0.3, 0.4) is 0 Å². The first-order valence-electron chi connectivity index (χ1n) is 4.45. The average Bonchev–Trinajstić information content (AvgIpc) is 2.25. The van der Waals surface area contributed by atoms with Gasteiger partial charge in [-0.25, -0.2) is 0 Å². The average molecular weight is 235 g/mol. The number of nitrogens with one attached hydrogen (secondary N) is 1. The van der Waals surface area contributed by atoms with Gasteiger partial charge in [-0.1, -0.05) is 6.07 Å². The molecule has 1 N–H and O–H groups in total. The van der Waals surface area contributed by atoms with Crippen molar-refractivity contribution in [3.05, 3.63) is 38.9 Å². The number of carbonyl (C=O) groups excluding carboxylic acids is 1. The molecule has 1 heterocycles. The van der Waals surface area contributed by atoms with E-state index < -0.39 is 5.97 Å². The van der Waals surface area contributed by atoms with Gasteiger partial charge in [-0.15, -0.1) is 0 Å². The normalized spacial score (nSPS) is 10.6. The van der Waals surface area contributed by atoms with Crippen LogP contribution in [0.1, 0.15) is 10.4 Å². The highest BCUT2D eigenvalue weighted by molar-refractivity contribution is 7.71. The molecule has 0 fully saturated rings. The number of aromatic amines is 1. The summed E-state index contributed by atoms with van der Waals surface area (Å²) in [5.41, 5.74) is 0.143. The molecule has 0 aliphatic rings. The molecule has 2 aromatic rings.